The van der Waals surface area contributed by atoms with Crippen molar-refractivity contribution in [2.24, 2.45) is 5.73 Å². The molecule has 1 rings (SSSR count). The molecule has 0 saturated heterocycles. The molecule has 0 radical (unpaired) electrons. The first-order chi connectivity index (χ1) is 7.63. The Labute approximate surface area is 102 Å². The molecule has 4 heteroatoms. The number of nitrogens with two attached hydrogens (primary N) is 1. The van der Waals surface area contributed by atoms with Gasteiger partial charge >= 0.3 is 0 Å². The molecule has 0 saturated carbocycles. The molecule has 92 valence electrons. The molecule has 0 aliphatic carbocycles. The zero-order valence-electron chi connectivity index (χ0n) is 10.1. The van der Waals surface area contributed by atoms with E-state index in [1.54, 1.807) is 0 Å². The lowest BCUT2D eigenvalue weighted by Crippen LogP contribution is -2.32. The molecular weight excluding hydrogens is 220 g/mol. The lowest BCUT2D eigenvalue weighted by atomic mass is 10.2. The van der Waals surface area contributed by atoms with Gasteiger partial charge in [0, 0.05) is 18.0 Å². The predicted octanol–water partition coefficient (Wildman–Crippen LogP) is 1.24. The second-order valence-electron chi connectivity index (χ2n) is 4.27. The Balaban J connectivity index is 2.25. The Morgan fingerprint density at radius 2 is 2.31 bits per heavy atom. The van der Waals surface area contributed by atoms with Gasteiger partial charge in [0.25, 0.3) is 0 Å². The third-order valence-electron chi connectivity index (χ3n) is 2.71. The Morgan fingerprint density at radius 3 is 2.88 bits per heavy atom. The highest BCUT2D eigenvalue weighted by molar-refractivity contribution is 7.10. The van der Waals surface area contributed by atoms with E-state index >= 15 is 0 Å². The Bertz CT molecular complexity index is 301. The summed E-state index contributed by atoms with van der Waals surface area (Å²) in [6, 6.07) is 2.16. The monoisotopic (exact) mass is 242 g/mol. The fraction of sp³-hybridized carbons (Fsp3) is 0.667. The highest BCUT2D eigenvalue weighted by Gasteiger charge is 2.08. The van der Waals surface area contributed by atoms with Crippen molar-refractivity contribution >= 4 is 11.3 Å². The van der Waals surface area contributed by atoms with Crippen molar-refractivity contribution in [2.75, 3.05) is 26.7 Å². The standard InChI is InChI=1S/C12H22N2OS/c1-10-5-8-16-12(10)4-7-14(2)9-11(15)3-6-13/h5,8,11,15H,3-4,6-7,9,13H2,1-2H3. The molecule has 0 aromatic carbocycles. The highest BCUT2D eigenvalue weighted by atomic mass is 32.1. The number of aryl methyl sites for hydroxylation is 1. The number of likely N-dealkylation sites (N-methyl/N-ethyl adjacent to an activating group) is 1. The molecule has 0 aliphatic rings. The van der Waals surface area contributed by atoms with E-state index in [1.807, 2.05) is 18.4 Å². The van der Waals surface area contributed by atoms with Crippen LogP contribution in [0, 0.1) is 6.92 Å². The lowest BCUT2D eigenvalue weighted by Gasteiger charge is -2.19. The smallest absolute Gasteiger partial charge is 0.0679 e. The van der Waals surface area contributed by atoms with Crippen molar-refractivity contribution in [3.05, 3.63) is 21.9 Å². The minimum absolute atomic E-state index is 0.292. The van der Waals surface area contributed by atoms with Crippen LogP contribution in [0.1, 0.15) is 16.9 Å². The van der Waals surface area contributed by atoms with Gasteiger partial charge in [-0.1, -0.05) is 0 Å². The molecule has 1 aromatic rings. The molecule has 0 fully saturated rings. The van der Waals surface area contributed by atoms with Crippen molar-refractivity contribution in [2.45, 2.75) is 25.9 Å². The van der Waals surface area contributed by atoms with Gasteiger partial charge in [0.05, 0.1) is 6.10 Å². The normalized spacial score (nSPS) is 13.3. The third-order valence-corrected chi connectivity index (χ3v) is 3.79. The van der Waals surface area contributed by atoms with Gasteiger partial charge in [-0.3, -0.25) is 0 Å². The first-order valence-electron chi connectivity index (χ1n) is 5.73. The van der Waals surface area contributed by atoms with E-state index < -0.39 is 0 Å². The zero-order valence-corrected chi connectivity index (χ0v) is 11.0. The number of nitrogens with zero attached hydrogens (tertiary/aromatic N) is 1. The van der Waals surface area contributed by atoms with Crippen molar-refractivity contribution in [3.8, 4) is 0 Å². The van der Waals surface area contributed by atoms with Gasteiger partial charge in [-0.05, 0) is 50.4 Å². The SMILES string of the molecule is Cc1ccsc1CCN(C)CC(O)CCN. The number of aliphatic hydroxyl groups is 1. The van der Waals surface area contributed by atoms with E-state index in [4.69, 9.17) is 5.73 Å². The van der Waals surface area contributed by atoms with E-state index in [0.29, 0.717) is 19.5 Å². The summed E-state index contributed by atoms with van der Waals surface area (Å²) in [5.41, 5.74) is 6.78. The quantitative estimate of drug-likeness (QED) is 0.756. The van der Waals surface area contributed by atoms with Crippen LogP contribution in [-0.2, 0) is 6.42 Å². The molecule has 0 amide bonds. The number of hydrogen-bond donors (Lipinski definition) is 2. The maximum atomic E-state index is 9.61. The summed E-state index contributed by atoms with van der Waals surface area (Å²) < 4.78 is 0. The average molecular weight is 242 g/mol. The lowest BCUT2D eigenvalue weighted by molar-refractivity contribution is 0.120. The van der Waals surface area contributed by atoms with Gasteiger partial charge in [-0.25, -0.2) is 0 Å². The van der Waals surface area contributed by atoms with E-state index in [-0.39, 0.29) is 6.10 Å². The van der Waals surface area contributed by atoms with Crippen LogP contribution in [0.15, 0.2) is 11.4 Å². The van der Waals surface area contributed by atoms with Crippen LogP contribution >= 0.6 is 11.3 Å². The summed E-state index contributed by atoms with van der Waals surface area (Å²) in [6.07, 6.45) is 1.46. The zero-order chi connectivity index (χ0) is 12.0. The van der Waals surface area contributed by atoms with Crippen LogP contribution in [0.3, 0.4) is 0 Å². The fourth-order valence-corrected chi connectivity index (χ4v) is 2.59. The average Bonchev–Trinajstić information content (AvgIpc) is 2.61. The summed E-state index contributed by atoms with van der Waals surface area (Å²) in [6.45, 7) is 4.40. The van der Waals surface area contributed by atoms with Crippen molar-refractivity contribution in [1.29, 1.82) is 0 Å². The van der Waals surface area contributed by atoms with Crippen LogP contribution in [-0.4, -0.2) is 42.8 Å². The van der Waals surface area contributed by atoms with E-state index in [1.165, 1.54) is 10.4 Å². The second-order valence-corrected chi connectivity index (χ2v) is 5.27. The second kappa shape index (κ2) is 7.01. The van der Waals surface area contributed by atoms with Crippen LogP contribution in [0.5, 0.6) is 0 Å². The van der Waals surface area contributed by atoms with Crippen molar-refractivity contribution in [3.63, 3.8) is 0 Å². The summed E-state index contributed by atoms with van der Waals surface area (Å²) in [5.74, 6) is 0. The number of thiophene rings is 1. The number of aliphatic hydroxyl groups excluding tert-OH is 1. The number of rotatable bonds is 7. The minimum atomic E-state index is -0.292. The minimum Gasteiger partial charge on any atom is -0.392 e. The van der Waals surface area contributed by atoms with Crippen molar-refractivity contribution < 1.29 is 5.11 Å². The predicted molar refractivity (Wildman–Crippen MR) is 69.9 cm³/mol. The molecule has 0 spiro atoms. The maximum Gasteiger partial charge on any atom is 0.0679 e. The molecule has 16 heavy (non-hydrogen) atoms. The molecule has 0 bridgehead atoms. The summed E-state index contributed by atoms with van der Waals surface area (Å²) in [5, 5.41) is 11.7. The van der Waals surface area contributed by atoms with Crippen LogP contribution < -0.4 is 5.73 Å². The topological polar surface area (TPSA) is 49.5 Å². The largest absolute Gasteiger partial charge is 0.392 e. The molecule has 0 aliphatic heterocycles. The Morgan fingerprint density at radius 1 is 1.56 bits per heavy atom. The molecular formula is C12H22N2OS. The van der Waals surface area contributed by atoms with Gasteiger partial charge in [0.2, 0.25) is 0 Å². The highest BCUT2D eigenvalue weighted by Crippen LogP contribution is 2.16. The van der Waals surface area contributed by atoms with Gasteiger partial charge in [-0.15, -0.1) is 11.3 Å². The van der Waals surface area contributed by atoms with Crippen LogP contribution in [0.25, 0.3) is 0 Å². The van der Waals surface area contributed by atoms with Crippen LogP contribution in [0.2, 0.25) is 0 Å². The Kier molecular flexibility index (Phi) is 5.98. The van der Waals surface area contributed by atoms with Gasteiger partial charge in [-0.2, -0.15) is 0 Å². The van der Waals surface area contributed by atoms with Gasteiger partial charge in [0.15, 0.2) is 0 Å². The van der Waals surface area contributed by atoms with E-state index in [0.717, 1.165) is 13.0 Å². The molecule has 1 heterocycles. The number of hydrogen-bond acceptors (Lipinski definition) is 4. The van der Waals surface area contributed by atoms with E-state index in [9.17, 15) is 5.11 Å². The van der Waals surface area contributed by atoms with Crippen molar-refractivity contribution in [1.82, 2.24) is 4.90 Å². The summed E-state index contributed by atoms with van der Waals surface area (Å²) in [7, 11) is 2.04. The van der Waals surface area contributed by atoms with Gasteiger partial charge in [0.1, 0.15) is 0 Å². The first kappa shape index (κ1) is 13.6. The maximum absolute atomic E-state index is 9.61. The van der Waals surface area contributed by atoms with Crippen LogP contribution in [0.4, 0.5) is 0 Å². The molecule has 1 unspecified atom stereocenters. The summed E-state index contributed by atoms with van der Waals surface area (Å²) >= 11 is 1.81. The van der Waals surface area contributed by atoms with E-state index in [2.05, 4.69) is 23.3 Å². The first-order valence-corrected chi connectivity index (χ1v) is 6.61. The third kappa shape index (κ3) is 4.61. The molecule has 3 nitrogen and oxygen atoms in total. The summed E-state index contributed by atoms with van der Waals surface area (Å²) in [4.78, 5) is 3.61. The fourth-order valence-electron chi connectivity index (χ4n) is 1.69. The Hall–Kier alpha value is -0.420. The molecule has 1 aromatic heterocycles. The molecule has 1 atom stereocenters. The molecule has 3 N–H and O–H groups in total. The van der Waals surface area contributed by atoms with Gasteiger partial charge < -0.3 is 15.7 Å².